The Morgan fingerprint density at radius 3 is 2.61 bits per heavy atom. The summed E-state index contributed by atoms with van der Waals surface area (Å²) in [6.07, 6.45) is 2.07. The Morgan fingerprint density at radius 2 is 1.93 bits per heavy atom. The third kappa shape index (κ3) is 3.47. The molecule has 1 saturated heterocycles. The van der Waals surface area contributed by atoms with Gasteiger partial charge in [0.25, 0.3) is 5.91 Å². The van der Waals surface area contributed by atoms with Crippen LogP contribution < -0.4 is 10.2 Å². The number of aryl methyl sites for hydroxylation is 2. The SMILES string of the molecule is Cc1[nH]c2c(C(=O)Nc3ccc(N4CC(C)OC(C)C4)nc3)cccc2c1C. The van der Waals surface area contributed by atoms with Crippen LogP contribution in [-0.2, 0) is 4.74 Å². The van der Waals surface area contributed by atoms with E-state index in [-0.39, 0.29) is 18.1 Å². The van der Waals surface area contributed by atoms with Crippen LogP contribution in [-0.4, -0.2) is 41.2 Å². The van der Waals surface area contributed by atoms with Gasteiger partial charge in [0.05, 0.1) is 35.2 Å². The van der Waals surface area contributed by atoms with Crippen LogP contribution in [0.4, 0.5) is 11.5 Å². The van der Waals surface area contributed by atoms with E-state index in [4.69, 9.17) is 4.74 Å². The van der Waals surface area contributed by atoms with E-state index in [9.17, 15) is 4.79 Å². The van der Waals surface area contributed by atoms with Gasteiger partial charge >= 0.3 is 0 Å². The molecule has 1 fully saturated rings. The molecule has 2 N–H and O–H groups in total. The third-order valence-corrected chi connectivity index (χ3v) is 5.34. The molecular formula is C22H26N4O2. The Hall–Kier alpha value is -2.86. The molecule has 146 valence electrons. The molecule has 0 radical (unpaired) electrons. The second kappa shape index (κ2) is 7.28. The second-order valence-electron chi connectivity index (χ2n) is 7.62. The molecule has 4 rings (SSSR count). The minimum Gasteiger partial charge on any atom is -0.372 e. The number of pyridine rings is 1. The summed E-state index contributed by atoms with van der Waals surface area (Å²) in [4.78, 5) is 22.9. The predicted octanol–water partition coefficient (Wildman–Crippen LogP) is 4.05. The minimum atomic E-state index is -0.144. The Bertz CT molecular complexity index is 999. The van der Waals surface area contributed by atoms with Crippen molar-refractivity contribution in [3.63, 3.8) is 0 Å². The molecule has 6 heteroatoms. The molecule has 3 aromatic rings. The number of nitrogens with zero attached hydrogens (tertiary/aromatic N) is 2. The summed E-state index contributed by atoms with van der Waals surface area (Å²) >= 11 is 0. The van der Waals surface area contributed by atoms with E-state index in [1.807, 2.05) is 37.3 Å². The molecule has 3 heterocycles. The molecule has 2 aromatic heterocycles. The van der Waals surface area contributed by atoms with Gasteiger partial charge in [-0.1, -0.05) is 12.1 Å². The second-order valence-corrected chi connectivity index (χ2v) is 7.62. The Morgan fingerprint density at radius 1 is 1.18 bits per heavy atom. The van der Waals surface area contributed by atoms with Gasteiger partial charge in [-0.05, 0) is 51.5 Å². The molecule has 1 amide bonds. The third-order valence-electron chi connectivity index (χ3n) is 5.34. The number of morpholine rings is 1. The first-order valence-electron chi connectivity index (χ1n) is 9.68. The van der Waals surface area contributed by atoms with Crippen LogP contribution in [0, 0.1) is 13.8 Å². The number of fused-ring (bicyclic) bond motifs is 1. The lowest BCUT2D eigenvalue weighted by molar-refractivity contribution is -0.00545. The number of carbonyl (C=O) groups excluding carboxylic acids is 1. The van der Waals surface area contributed by atoms with Crippen molar-refractivity contribution in [2.75, 3.05) is 23.3 Å². The van der Waals surface area contributed by atoms with Gasteiger partial charge in [0.1, 0.15) is 5.82 Å². The van der Waals surface area contributed by atoms with Crippen molar-refractivity contribution in [1.82, 2.24) is 9.97 Å². The maximum Gasteiger partial charge on any atom is 0.257 e. The monoisotopic (exact) mass is 378 g/mol. The molecule has 2 atom stereocenters. The first-order valence-corrected chi connectivity index (χ1v) is 9.68. The van der Waals surface area contributed by atoms with E-state index < -0.39 is 0 Å². The van der Waals surface area contributed by atoms with Crippen LogP contribution in [0.3, 0.4) is 0 Å². The zero-order valence-electron chi connectivity index (χ0n) is 16.7. The topological polar surface area (TPSA) is 70.2 Å². The molecule has 0 spiro atoms. The maximum atomic E-state index is 12.8. The average Bonchev–Trinajstić information content (AvgIpc) is 2.96. The number of rotatable bonds is 3. The van der Waals surface area contributed by atoms with Crippen LogP contribution in [0.2, 0.25) is 0 Å². The van der Waals surface area contributed by atoms with Gasteiger partial charge in [0.2, 0.25) is 0 Å². The van der Waals surface area contributed by atoms with Crippen molar-refractivity contribution in [3.05, 3.63) is 53.3 Å². The first-order chi connectivity index (χ1) is 13.4. The van der Waals surface area contributed by atoms with Crippen LogP contribution in [0.15, 0.2) is 36.5 Å². The number of amides is 1. The van der Waals surface area contributed by atoms with Crippen molar-refractivity contribution in [2.24, 2.45) is 0 Å². The fourth-order valence-corrected chi connectivity index (χ4v) is 3.88. The first kappa shape index (κ1) is 18.5. The molecule has 2 unspecified atom stereocenters. The fourth-order valence-electron chi connectivity index (χ4n) is 3.88. The number of aromatic amines is 1. The number of hydrogen-bond donors (Lipinski definition) is 2. The Balaban J connectivity index is 1.52. The predicted molar refractivity (Wildman–Crippen MR) is 112 cm³/mol. The van der Waals surface area contributed by atoms with Crippen LogP contribution in [0.1, 0.15) is 35.5 Å². The molecule has 1 aromatic carbocycles. The van der Waals surface area contributed by atoms with E-state index in [1.165, 1.54) is 5.56 Å². The Kier molecular flexibility index (Phi) is 4.81. The van der Waals surface area contributed by atoms with Crippen molar-refractivity contribution in [2.45, 2.75) is 39.9 Å². The van der Waals surface area contributed by atoms with Crippen molar-refractivity contribution < 1.29 is 9.53 Å². The highest BCUT2D eigenvalue weighted by atomic mass is 16.5. The molecule has 1 aliphatic heterocycles. The number of H-pyrrole nitrogens is 1. The maximum absolute atomic E-state index is 12.8. The van der Waals surface area contributed by atoms with E-state index in [0.717, 1.165) is 35.5 Å². The lowest BCUT2D eigenvalue weighted by atomic mass is 10.1. The number of anilines is 2. The standard InChI is InChI=1S/C22H26N4O2/c1-13-11-26(12-14(2)28-13)20-9-8-17(10-23-20)25-22(27)19-7-5-6-18-15(3)16(4)24-21(18)19/h5-10,13-14,24H,11-12H2,1-4H3,(H,25,27). The number of ether oxygens (including phenoxy) is 1. The molecule has 6 nitrogen and oxygen atoms in total. The fraction of sp³-hybridized carbons (Fsp3) is 0.364. The summed E-state index contributed by atoms with van der Waals surface area (Å²) in [5.41, 5.74) is 4.43. The lowest BCUT2D eigenvalue weighted by Gasteiger charge is -2.36. The molecular weight excluding hydrogens is 352 g/mol. The molecule has 0 bridgehead atoms. The summed E-state index contributed by atoms with van der Waals surface area (Å²) in [5.74, 6) is 0.757. The summed E-state index contributed by atoms with van der Waals surface area (Å²) in [6.45, 7) is 9.86. The van der Waals surface area contributed by atoms with Gasteiger partial charge in [0.15, 0.2) is 0 Å². The molecule has 1 aliphatic rings. The van der Waals surface area contributed by atoms with E-state index in [1.54, 1.807) is 6.20 Å². The summed E-state index contributed by atoms with van der Waals surface area (Å²) in [6, 6.07) is 9.64. The summed E-state index contributed by atoms with van der Waals surface area (Å²) in [7, 11) is 0. The van der Waals surface area contributed by atoms with Gasteiger partial charge in [0, 0.05) is 24.2 Å². The van der Waals surface area contributed by atoms with Gasteiger partial charge in [-0.2, -0.15) is 0 Å². The van der Waals surface area contributed by atoms with E-state index in [0.29, 0.717) is 11.3 Å². The largest absolute Gasteiger partial charge is 0.372 e. The number of nitrogens with one attached hydrogen (secondary N) is 2. The minimum absolute atomic E-state index is 0.144. The Labute approximate surface area is 164 Å². The smallest absolute Gasteiger partial charge is 0.257 e. The highest BCUT2D eigenvalue weighted by Gasteiger charge is 2.23. The number of hydrogen-bond acceptors (Lipinski definition) is 4. The van der Waals surface area contributed by atoms with Crippen molar-refractivity contribution >= 4 is 28.3 Å². The molecule has 0 aliphatic carbocycles. The van der Waals surface area contributed by atoms with Gasteiger partial charge in [-0.3, -0.25) is 4.79 Å². The van der Waals surface area contributed by atoms with E-state index >= 15 is 0 Å². The zero-order chi connectivity index (χ0) is 19.8. The van der Waals surface area contributed by atoms with E-state index in [2.05, 4.69) is 41.0 Å². The van der Waals surface area contributed by atoms with Gasteiger partial charge in [-0.15, -0.1) is 0 Å². The highest BCUT2D eigenvalue weighted by molar-refractivity contribution is 6.12. The number of para-hydroxylation sites is 1. The number of aromatic nitrogens is 2. The quantitative estimate of drug-likeness (QED) is 0.721. The summed E-state index contributed by atoms with van der Waals surface area (Å²) < 4.78 is 5.78. The van der Waals surface area contributed by atoms with Gasteiger partial charge < -0.3 is 19.9 Å². The van der Waals surface area contributed by atoms with Crippen LogP contribution in [0.25, 0.3) is 10.9 Å². The average molecular weight is 378 g/mol. The van der Waals surface area contributed by atoms with Gasteiger partial charge in [-0.25, -0.2) is 4.98 Å². The highest BCUT2D eigenvalue weighted by Crippen LogP contribution is 2.25. The zero-order valence-corrected chi connectivity index (χ0v) is 16.7. The van der Waals surface area contributed by atoms with Crippen LogP contribution >= 0.6 is 0 Å². The lowest BCUT2D eigenvalue weighted by Crippen LogP contribution is -2.45. The molecule has 0 saturated carbocycles. The normalized spacial score (nSPS) is 19.8. The van der Waals surface area contributed by atoms with Crippen molar-refractivity contribution in [3.8, 4) is 0 Å². The summed E-state index contributed by atoms with van der Waals surface area (Å²) in [5, 5.41) is 4.04. The van der Waals surface area contributed by atoms with Crippen molar-refractivity contribution in [1.29, 1.82) is 0 Å². The molecule has 28 heavy (non-hydrogen) atoms. The van der Waals surface area contributed by atoms with Crippen LogP contribution in [0.5, 0.6) is 0 Å². The number of benzene rings is 1. The number of carbonyl (C=O) groups is 1.